The summed E-state index contributed by atoms with van der Waals surface area (Å²) in [5, 5.41) is 14.8. The van der Waals surface area contributed by atoms with Gasteiger partial charge in [0.05, 0.1) is 0 Å². The maximum absolute atomic E-state index is 12.8. The minimum Gasteiger partial charge on any atom is -0.488 e. The van der Waals surface area contributed by atoms with Crippen LogP contribution in [-0.4, -0.2) is 93.8 Å². The Labute approximate surface area is 233 Å². The van der Waals surface area contributed by atoms with Gasteiger partial charge in [-0.05, 0) is 96.5 Å². The molecule has 2 heterocycles. The molecule has 39 heavy (non-hydrogen) atoms. The second-order valence-electron chi connectivity index (χ2n) is 11.9. The zero-order valence-corrected chi connectivity index (χ0v) is 23.9. The summed E-state index contributed by atoms with van der Waals surface area (Å²) in [6, 6.07) is 9.42. The van der Waals surface area contributed by atoms with E-state index in [0.717, 1.165) is 51.4 Å². The lowest BCUT2D eigenvalue weighted by Crippen LogP contribution is -2.40. The predicted octanol–water partition coefficient (Wildman–Crippen LogP) is 5.05. The molecule has 2 aliphatic heterocycles. The van der Waals surface area contributed by atoms with Crippen LogP contribution >= 0.6 is 0 Å². The van der Waals surface area contributed by atoms with Crippen LogP contribution in [0.2, 0.25) is 0 Å². The topological polar surface area (TPSA) is 111 Å². The fourth-order valence-corrected chi connectivity index (χ4v) is 5.89. The molecule has 1 aromatic rings. The van der Waals surface area contributed by atoms with Crippen LogP contribution in [0.1, 0.15) is 90.0 Å². The summed E-state index contributed by atoms with van der Waals surface area (Å²) >= 11 is 0. The monoisotopic (exact) mass is 545 g/mol. The molecule has 1 aliphatic carbocycles. The van der Waals surface area contributed by atoms with E-state index in [2.05, 4.69) is 59.7 Å². The normalized spacial score (nSPS) is 19.5. The van der Waals surface area contributed by atoms with Gasteiger partial charge in [0.15, 0.2) is 0 Å². The Morgan fingerprint density at radius 3 is 2.10 bits per heavy atom. The molecule has 218 valence electrons. The van der Waals surface area contributed by atoms with E-state index < -0.39 is 11.9 Å². The fraction of sp³-hybridized carbons (Fsp3) is 0.700. The third kappa shape index (κ3) is 9.71. The SMILES string of the molecule is CC(C)(C)Oc1ccccc1C1CCN(CCCCN2CCN(C3CCCCC3)C2=O)CC1.O=C(O)C(=O)O. The molecule has 3 aliphatic rings. The molecule has 3 fully saturated rings. The molecule has 0 aromatic heterocycles. The quantitative estimate of drug-likeness (QED) is 0.347. The van der Waals surface area contributed by atoms with Crippen LogP contribution in [0, 0.1) is 0 Å². The average Bonchev–Trinajstić information content (AvgIpc) is 3.27. The van der Waals surface area contributed by atoms with E-state index in [1.54, 1.807) is 0 Å². The van der Waals surface area contributed by atoms with Crippen LogP contribution in [0.5, 0.6) is 5.75 Å². The number of para-hydroxylation sites is 1. The first-order valence-electron chi connectivity index (χ1n) is 14.6. The maximum atomic E-state index is 12.8. The van der Waals surface area contributed by atoms with Crippen molar-refractivity contribution in [3.8, 4) is 5.75 Å². The highest BCUT2D eigenvalue weighted by Crippen LogP contribution is 2.35. The lowest BCUT2D eigenvalue weighted by Gasteiger charge is -2.34. The van der Waals surface area contributed by atoms with Crippen molar-refractivity contribution in [3.63, 3.8) is 0 Å². The molecular weight excluding hydrogens is 498 g/mol. The first kappa shape index (κ1) is 30.7. The van der Waals surface area contributed by atoms with Gasteiger partial charge in [0.25, 0.3) is 0 Å². The summed E-state index contributed by atoms with van der Waals surface area (Å²) in [6.07, 6.45) is 11.0. The molecule has 9 heteroatoms. The van der Waals surface area contributed by atoms with Crippen LogP contribution in [0.4, 0.5) is 4.79 Å². The number of piperidine rings is 1. The Hall–Kier alpha value is -2.81. The lowest BCUT2D eigenvalue weighted by atomic mass is 9.88. The van der Waals surface area contributed by atoms with E-state index in [1.165, 1.54) is 56.9 Å². The average molecular weight is 546 g/mol. The van der Waals surface area contributed by atoms with Crippen molar-refractivity contribution in [1.29, 1.82) is 0 Å². The molecule has 0 unspecified atom stereocenters. The zero-order chi connectivity index (χ0) is 28.4. The van der Waals surface area contributed by atoms with Crippen LogP contribution < -0.4 is 4.74 Å². The van der Waals surface area contributed by atoms with Crippen molar-refractivity contribution in [2.24, 2.45) is 0 Å². The highest BCUT2D eigenvalue weighted by Gasteiger charge is 2.33. The van der Waals surface area contributed by atoms with E-state index in [1.807, 2.05) is 0 Å². The number of aliphatic carboxylic acids is 2. The Morgan fingerprint density at radius 2 is 1.49 bits per heavy atom. The number of hydrogen-bond donors (Lipinski definition) is 2. The van der Waals surface area contributed by atoms with Gasteiger partial charge in [0.2, 0.25) is 0 Å². The standard InChI is InChI=1S/C28H45N3O2.C2H2O4/c1-28(2,3)33-26-14-8-7-13-25(26)23-15-19-29(20-16-23)17-9-10-18-30-21-22-31(27(30)32)24-11-5-4-6-12-24;3-1(4)2(5)6/h7-8,13-14,23-24H,4-6,9-12,15-22H2,1-3H3;(H,3,4)(H,5,6). The first-order valence-corrected chi connectivity index (χ1v) is 14.6. The number of unbranched alkanes of at least 4 members (excludes halogenated alkanes) is 1. The highest BCUT2D eigenvalue weighted by molar-refractivity contribution is 6.27. The molecule has 9 nitrogen and oxygen atoms in total. The molecule has 2 amide bonds. The van der Waals surface area contributed by atoms with Gasteiger partial charge < -0.3 is 29.6 Å². The van der Waals surface area contributed by atoms with Gasteiger partial charge in [-0.15, -0.1) is 0 Å². The number of likely N-dealkylation sites (tertiary alicyclic amines) is 1. The van der Waals surface area contributed by atoms with Crippen molar-refractivity contribution in [2.45, 2.75) is 96.1 Å². The molecular formula is C30H47N3O6. The van der Waals surface area contributed by atoms with Crippen molar-refractivity contribution < 1.29 is 29.3 Å². The van der Waals surface area contributed by atoms with E-state index in [-0.39, 0.29) is 5.60 Å². The van der Waals surface area contributed by atoms with E-state index in [0.29, 0.717) is 18.0 Å². The highest BCUT2D eigenvalue weighted by atomic mass is 16.5. The minimum atomic E-state index is -1.82. The third-order valence-corrected chi connectivity index (χ3v) is 7.84. The molecule has 2 saturated heterocycles. The summed E-state index contributed by atoms with van der Waals surface area (Å²) in [6.45, 7) is 12.6. The molecule has 0 bridgehead atoms. The number of carbonyl (C=O) groups is 3. The number of urea groups is 1. The Kier molecular flexibility index (Phi) is 11.5. The van der Waals surface area contributed by atoms with Gasteiger partial charge in [-0.1, -0.05) is 37.5 Å². The maximum Gasteiger partial charge on any atom is 0.414 e. The van der Waals surface area contributed by atoms with Gasteiger partial charge >= 0.3 is 18.0 Å². The predicted molar refractivity (Wildman–Crippen MR) is 150 cm³/mol. The van der Waals surface area contributed by atoms with Crippen LogP contribution in [0.15, 0.2) is 24.3 Å². The van der Waals surface area contributed by atoms with Crippen molar-refractivity contribution in [1.82, 2.24) is 14.7 Å². The van der Waals surface area contributed by atoms with Gasteiger partial charge in [-0.3, -0.25) is 0 Å². The summed E-state index contributed by atoms with van der Waals surface area (Å²) in [4.78, 5) is 37.9. The van der Waals surface area contributed by atoms with Crippen molar-refractivity contribution >= 4 is 18.0 Å². The summed E-state index contributed by atoms with van der Waals surface area (Å²) in [5.74, 6) is -2.00. The molecule has 0 radical (unpaired) electrons. The summed E-state index contributed by atoms with van der Waals surface area (Å²) in [7, 11) is 0. The second kappa shape index (κ2) is 14.5. The number of benzene rings is 1. The van der Waals surface area contributed by atoms with Gasteiger partial charge in [0, 0.05) is 25.7 Å². The molecule has 2 N–H and O–H groups in total. The van der Waals surface area contributed by atoms with Gasteiger partial charge in [-0.25, -0.2) is 14.4 Å². The van der Waals surface area contributed by atoms with E-state index >= 15 is 0 Å². The Morgan fingerprint density at radius 1 is 0.872 bits per heavy atom. The van der Waals surface area contributed by atoms with E-state index in [9.17, 15) is 4.79 Å². The van der Waals surface area contributed by atoms with Crippen LogP contribution in [0.25, 0.3) is 0 Å². The molecule has 1 aromatic carbocycles. The molecule has 0 atom stereocenters. The van der Waals surface area contributed by atoms with Gasteiger partial charge in [0.1, 0.15) is 11.4 Å². The number of rotatable bonds is 8. The number of carboxylic acid groups (broad SMARTS) is 2. The second-order valence-corrected chi connectivity index (χ2v) is 11.9. The summed E-state index contributed by atoms with van der Waals surface area (Å²) < 4.78 is 6.25. The smallest absolute Gasteiger partial charge is 0.414 e. The lowest BCUT2D eigenvalue weighted by molar-refractivity contribution is -0.159. The zero-order valence-electron chi connectivity index (χ0n) is 23.9. The minimum absolute atomic E-state index is 0.166. The first-order chi connectivity index (χ1) is 18.5. The van der Waals surface area contributed by atoms with Crippen molar-refractivity contribution in [3.05, 3.63) is 29.8 Å². The number of nitrogens with zero attached hydrogens (tertiary/aromatic N) is 3. The third-order valence-electron chi connectivity index (χ3n) is 7.84. The van der Waals surface area contributed by atoms with Gasteiger partial charge in [-0.2, -0.15) is 0 Å². The van der Waals surface area contributed by atoms with Crippen LogP contribution in [0.3, 0.4) is 0 Å². The Bertz CT molecular complexity index is 936. The molecule has 1 saturated carbocycles. The number of carbonyl (C=O) groups excluding carboxylic acids is 1. The van der Waals surface area contributed by atoms with Crippen molar-refractivity contribution in [2.75, 3.05) is 39.3 Å². The fourth-order valence-electron chi connectivity index (χ4n) is 5.89. The largest absolute Gasteiger partial charge is 0.488 e. The molecule has 0 spiro atoms. The number of amides is 2. The number of ether oxygens (including phenoxy) is 1. The number of hydrogen-bond acceptors (Lipinski definition) is 5. The van der Waals surface area contributed by atoms with Crippen LogP contribution in [-0.2, 0) is 9.59 Å². The summed E-state index contributed by atoms with van der Waals surface area (Å²) in [5.41, 5.74) is 1.21. The van der Waals surface area contributed by atoms with E-state index in [4.69, 9.17) is 24.5 Å². The number of carboxylic acids is 2. The Balaban J connectivity index is 0.000000631. The molecule has 4 rings (SSSR count).